The maximum atomic E-state index is 12.0. The van der Waals surface area contributed by atoms with Gasteiger partial charge in [0.2, 0.25) is 0 Å². The Labute approximate surface area is 130 Å². The lowest BCUT2D eigenvalue weighted by Crippen LogP contribution is -2.13. The summed E-state index contributed by atoms with van der Waals surface area (Å²) in [6.45, 7) is 1.46. The van der Waals surface area contributed by atoms with Crippen LogP contribution in [0.4, 0.5) is 17.1 Å². The van der Waals surface area contributed by atoms with E-state index in [0.717, 1.165) is 0 Å². The van der Waals surface area contributed by atoms with Gasteiger partial charge in [-0.1, -0.05) is 0 Å². The number of nitrogens with one attached hydrogen (secondary N) is 1. The van der Waals surface area contributed by atoms with Gasteiger partial charge in [0, 0.05) is 23.3 Å². The zero-order valence-electron chi connectivity index (χ0n) is 12.1. The van der Waals surface area contributed by atoms with Gasteiger partial charge in [0.15, 0.2) is 5.78 Å². The zero-order chi connectivity index (χ0) is 16.6. The van der Waals surface area contributed by atoms with Crippen molar-refractivity contribution in [3.8, 4) is 0 Å². The second-order valence-corrected chi connectivity index (χ2v) is 5.00. The highest BCUT2D eigenvalue weighted by Crippen LogP contribution is 2.29. The predicted molar refractivity (Wildman–Crippen MR) is 84.4 cm³/mol. The van der Waals surface area contributed by atoms with Gasteiger partial charge in [-0.05, 0) is 37.3 Å². The molecule has 7 nitrogen and oxygen atoms in total. The van der Waals surface area contributed by atoms with E-state index in [-0.39, 0.29) is 17.2 Å². The number of carbonyl (C=O) groups excluding carboxylic acids is 2. The molecule has 0 spiro atoms. The first-order valence-corrected chi connectivity index (χ1v) is 6.75. The van der Waals surface area contributed by atoms with Gasteiger partial charge in [-0.2, -0.15) is 0 Å². The molecule has 1 amide bonds. The number of anilines is 1. The fourth-order valence-corrected chi connectivity index (χ4v) is 2.27. The quantitative estimate of drug-likeness (QED) is 0.535. The summed E-state index contributed by atoms with van der Waals surface area (Å²) >= 11 is 0. The van der Waals surface area contributed by atoms with Gasteiger partial charge >= 0.3 is 0 Å². The maximum Gasteiger partial charge on any atom is 0.275 e. The minimum atomic E-state index is -0.525. The lowest BCUT2D eigenvalue weighted by atomic mass is 10.1. The summed E-state index contributed by atoms with van der Waals surface area (Å²) in [5, 5.41) is 13.5. The van der Waals surface area contributed by atoms with Crippen LogP contribution in [-0.2, 0) is 4.79 Å². The van der Waals surface area contributed by atoms with E-state index in [1.807, 2.05) is 0 Å². The fraction of sp³-hybridized carbons (Fsp3) is 0.0625. The number of carbonyl (C=O) groups is 2. The molecule has 3 rings (SSSR count). The molecule has 0 atom stereocenters. The highest BCUT2D eigenvalue weighted by Gasteiger charge is 2.28. The van der Waals surface area contributed by atoms with Crippen molar-refractivity contribution in [2.45, 2.75) is 6.92 Å². The average Bonchev–Trinajstić information content (AvgIpc) is 2.83. The molecule has 2 aromatic rings. The first-order valence-electron chi connectivity index (χ1n) is 6.75. The third-order valence-corrected chi connectivity index (χ3v) is 3.45. The number of amides is 1. The Morgan fingerprint density at radius 1 is 1.17 bits per heavy atom. The molecule has 7 heteroatoms. The van der Waals surface area contributed by atoms with E-state index in [0.29, 0.717) is 22.5 Å². The molecule has 114 valence electrons. The van der Waals surface area contributed by atoms with Crippen LogP contribution in [0.2, 0.25) is 0 Å². The number of rotatable bonds is 3. The van der Waals surface area contributed by atoms with Gasteiger partial charge in [0.25, 0.3) is 11.6 Å². The Hall–Kier alpha value is -3.35. The van der Waals surface area contributed by atoms with Crippen molar-refractivity contribution in [3.63, 3.8) is 0 Å². The van der Waals surface area contributed by atoms with Crippen molar-refractivity contribution in [1.82, 2.24) is 0 Å². The van der Waals surface area contributed by atoms with Gasteiger partial charge in [-0.25, -0.2) is 4.99 Å². The van der Waals surface area contributed by atoms with Crippen molar-refractivity contribution in [2.24, 2.45) is 4.99 Å². The molecule has 2 aromatic carbocycles. The van der Waals surface area contributed by atoms with Crippen molar-refractivity contribution < 1.29 is 14.5 Å². The molecular weight excluding hydrogens is 298 g/mol. The number of ketones is 1. The van der Waals surface area contributed by atoms with E-state index in [1.165, 1.54) is 25.1 Å². The van der Waals surface area contributed by atoms with Crippen LogP contribution in [0.3, 0.4) is 0 Å². The Morgan fingerprint density at radius 3 is 2.48 bits per heavy atom. The predicted octanol–water partition coefficient (Wildman–Crippen LogP) is 2.87. The fourth-order valence-electron chi connectivity index (χ4n) is 2.27. The second kappa shape index (κ2) is 5.45. The third kappa shape index (κ3) is 2.71. The molecule has 0 fully saturated rings. The molecule has 23 heavy (non-hydrogen) atoms. The summed E-state index contributed by atoms with van der Waals surface area (Å²) in [5.41, 5.74) is 1.90. The molecular formula is C16H11N3O4. The maximum absolute atomic E-state index is 12.0. The van der Waals surface area contributed by atoms with Gasteiger partial charge in [0.05, 0.1) is 16.3 Å². The molecule has 1 N–H and O–H groups in total. The molecule has 0 saturated carbocycles. The molecule has 0 aromatic heterocycles. The first kappa shape index (κ1) is 14.6. The van der Waals surface area contributed by atoms with Crippen LogP contribution in [0.15, 0.2) is 47.5 Å². The normalized spacial score (nSPS) is 14.5. The number of benzene rings is 2. The number of fused-ring (bicyclic) bond motifs is 1. The highest BCUT2D eigenvalue weighted by molar-refractivity contribution is 6.54. The van der Waals surface area contributed by atoms with E-state index in [4.69, 9.17) is 0 Å². The van der Waals surface area contributed by atoms with Crippen LogP contribution < -0.4 is 5.32 Å². The number of hydrogen-bond donors (Lipinski definition) is 1. The topological polar surface area (TPSA) is 102 Å². The molecule has 1 aliphatic heterocycles. The summed E-state index contributed by atoms with van der Waals surface area (Å²) in [4.78, 5) is 37.9. The third-order valence-electron chi connectivity index (χ3n) is 3.45. The van der Waals surface area contributed by atoms with Crippen LogP contribution in [0.1, 0.15) is 22.8 Å². The zero-order valence-corrected chi connectivity index (χ0v) is 12.1. The van der Waals surface area contributed by atoms with E-state index in [9.17, 15) is 19.7 Å². The molecule has 0 unspecified atom stereocenters. The standard InChI is InChI=1S/C16H11N3O4/c1-9(20)10-2-4-11(5-3-10)17-15-13-8-12(19(22)23)6-7-14(13)18-16(15)21/h2-8H,1H3,(H,17,18,21). The van der Waals surface area contributed by atoms with E-state index >= 15 is 0 Å². The van der Waals surface area contributed by atoms with Gasteiger partial charge in [-0.15, -0.1) is 0 Å². The summed E-state index contributed by atoms with van der Waals surface area (Å²) < 4.78 is 0. The average molecular weight is 309 g/mol. The van der Waals surface area contributed by atoms with Gasteiger partial charge < -0.3 is 5.32 Å². The number of nitro groups is 1. The largest absolute Gasteiger partial charge is 0.320 e. The number of nitrogens with zero attached hydrogens (tertiary/aromatic N) is 2. The first-order chi connectivity index (χ1) is 11.0. The van der Waals surface area contributed by atoms with E-state index in [1.54, 1.807) is 24.3 Å². The molecule has 0 aliphatic carbocycles. The number of aliphatic imine (C=N–C) groups is 1. The Kier molecular flexibility index (Phi) is 3.46. The lowest BCUT2D eigenvalue weighted by molar-refractivity contribution is -0.384. The Morgan fingerprint density at radius 2 is 1.87 bits per heavy atom. The van der Waals surface area contributed by atoms with Gasteiger partial charge in [0.1, 0.15) is 5.71 Å². The smallest absolute Gasteiger partial charge is 0.275 e. The van der Waals surface area contributed by atoms with E-state index in [2.05, 4.69) is 10.3 Å². The Bertz CT molecular complexity index is 869. The number of Topliss-reactive ketones (excluding diaryl/α,β-unsaturated/α-hetero) is 1. The molecule has 0 radical (unpaired) electrons. The number of nitro benzene ring substituents is 1. The lowest BCUT2D eigenvalue weighted by Gasteiger charge is -2.00. The highest BCUT2D eigenvalue weighted by atomic mass is 16.6. The number of hydrogen-bond acceptors (Lipinski definition) is 5. The SMILES string of the molecule is CC(=O)c1ccc(N=C2C(=O)Nc3ccc([N+](=O)[O-])cc32)cc1. The Balaban J connectivity index is 2.03. The van der Waals surface area contributed by atoms with Crippen molar-refractivity contribution >= 4 is 34.5 Å². The van der Waals surface area contributed by atoms with Crippen LogP contribution in [0.5, 0.6) is 0 Å². The second-order valence-electron chi connectivity index (χ2n) is 5.00. The van der Waals surface area contributed by atoms with Crippen LogP contribution in [0.25, 0.3) is 0 Å². The monoisotopic (exact) mass is 309 g/mol. The van der Waals surface area contributed by atoms with Crippen LogP contribution in [0, 0.1) is 10.1 Å². The van der Waals surface area contributed by atoms with Gasteiger partial charge in [-0.3, -0.25) is 19.7 Å². The molecule has 1 heterocycles. The van der Waals surface area contributed by atoms with Crippen LogP contribution in [-0.4, -0.2) is 22.3 Å². The summed E-state index contributed by atoms with van der Waals surface area (Å²) in [6.07, 6.45) is 0. The molecule has 0 bridgehead atoms. The molecule has 1 aliphatic rings. The molecule has 0 saturated heterocycles. The summed E-state index contributed by atoms with van der Waals surface area (Å²) in [7, 11) is 0. The van der Waals surface area contributed by atoms with Crippen molar-refractivity contribution in [1.29, 1.82) is 0 Å². The van der Waals surface area contributed by atoms with Crippen molar-refractivity contribution in [3.05, 3.63) is 63.7 Å². The van der Waals surface area contributed by atoms with Crippen LogP contribution >= 0.6 is 0 Å². The summed E-state index contributed by atoms with van der Waals surface area (Å²) in [5.74, 6) is -0.486. The number of non-ortho nitro benzene ring substituents is 1. The van der Waals surface area contributed by atoms with Crippen molar-refractivity contribution in [2.75, 3.05) is 5.32 Å². The minimum absolute atomic E-state index is 0.0659. The minimum Gasteiger partial charge on any atom is -0.320 e. The summed E-state index contributed by atoms with van der Waals surface area (Å²) in [6, 6.07) is 10.6. The van der Waals surface area contributed by atoms with E-state index < -0.39 is 10.8 Å².